The molecule has 1 aromatic carbocycles. The molecule has 0 aliphatic carbocycles. The van der Waals surface area contributed by atoms with Crippen molar-refractivity contribution in [3.8, 4) is 0 Å². The van der Waals surface area contributed by atoms with Crippen molar-refractivity contribution in [2.45, 2.75) is 25.7 Å². The Balaban J connectivity index is 1.67. The first-order valence-corrected chi connectivity index (χ1v) is 9.14. The number of amides is 1. The zero-order valence-corrected chi connectivity index (χ0v) is 15.0. The number of carbonyl (C=O) groups excluding carboxylic acids is 2. The van der Waals surface area contributed by atoms with Gasteiger partial charge in [0.1, 0.15) is 17.5 Å². The summed E-state index contributed by atoms with van der Waals surface area (Å²) in [6.07, 6.45) is 1.73. The highest BCUT2D eigenvalue weighted by Gasteiger charge is 2.42. The van der Waals surface area contributed by atoms with Gasteiger partial charge in [-0.25, -0.2) is 13.2 Å². The lowest BCUT2D eigenvalue weighted by molar-refractivity contribution is -0.148. The molecule has 0 unspecified atom stereocenters. The molecule has 2 heterocycles. The lowest BCUT2D eigenvalue weighted by atomic mass is 9.78. The van der Waals surface area contributed by atoms with Crippen LogP contribution >= 0.6 is 0 Å². The summed E-state index contributed by atoms with van der Waals surface area (Å²) in [6, 6.07) is 1.01. The molecule has 0 spiro atoms. The molecule has 1 aromatic rings. The summed E-state index contributed by atoms with van der Waals surface area (Å²) in [5.74, 6) is -4.78. The minimum Gasteiger partial charge on any atom is -0.381 e. The second-order valence-corrected chi connectivity index (χ2v) is 7.27. The van der Waals surface area contributed by atoms with E-state index in [0.717, 1.165) is 0 Å². The van der Waals surface area contributed by atoms with Crippen LogP contribution in [0.3, 0.4) is 0 Å². The number of hydrogen-bond donors (Lipinski definition) is 1. The fourth-order valence-electron chi connectivity index (χ4n) is 3.93. The van der Waals surface area contributed by atoms with Gasteiger partial charge in [-0.3, -0.25) is 9.59 Å². The van der Waals surface area contributed by atoms with Crippen LogP contribution in [0.4, 0.5) is 13.2 Å². The lowest BCUT2D eigenvalue weighted by Gasteiger charge is -2.41. The van der Waals surface area contributed by atoms with E-state index in [1.807, 2.05) is 0 Å². The monoisotopic (exact) mass is 384 g/mol. The van der Waals surface area contributed by atoms with Gasteiger partial charge < -0.3 is 15.4 Å². The molecule has 5 nitrogen and oxygen atoms in total. The van der Waals surface area contributed by atoms with Crippen LogP contribution in [0.5, 0.6) is 0 Å². The highest BCUT2D eigenvalue weighted by Crippen LogP contribution is 2.34. The first-order valence-electron chi connectivity index (χ1n) is 9.14. The van der Waals surface area contributed by atoms with Crippen molar-refractivity contribution in [1.29, 1.82) is 0 Å². The van der Waals surface area contributed by atoms with Crippen LogP contribution in [0.2, 0.25) is 0 Å². The number of piperidine rings is 1. The number of Topliss-reactive ketones (excluding diaryl/α,β-unsaturated/α-hetero) is 1. The topological polar surface area (TPSA) is 72.6 Å². The molecule has 2 aliphatic rings. The molecule has 2 aliphatic heterocycles. The lowest BCUT2D eigenvalue weighted by Crippen LogP contribution is -2.53. The van der Waals surface area contributed by atoms with Crippen LogP contribution in [0.1, 0.15) is 36.0 Å². The smallest absolute Gasteiger partial charge is 0.230 e. The summed E-state index contributed by atoms with van der Waals surface area (Å²) in [7, 11) is 0. The fraction of sp³-hybridized carbons (Fsp3) is 0.579. The summed E-state index contributed by atoms with van der Waals surface area (Å²) < 4.78 is 46.1. The van der Waals surface area contributed by atoms with Crippen LogP contribution in [0.25, 0.3) is 0 Å². The van der Waals surface area contributed by atoms with E-state index in [9.17, 15) is 22.8 Å². The summed E-state index contributed by atoms with van der Waals surface area (Å²) in [4.78, 5) is 27.1. The predicted molar refractivity (Wildman–Crippen MR) is 91.5 cm³/mol. The van der Waals surface area contributed by atoms with Crippen molar-refractivity contribution >= 4 is 11.7 Å². The average molecular weight is 384 g/mol. The third-order valence-electron chi connectivity index (χ3n) is 5.70. The van der Waals surface area contributed by atoms with Crippen LogP contribution in [-0.4, -0.2) is 49.4 Å². The molecule has 3 rings (SSSR count). The Kier molecular flexibility index (Phi) is 5.86. The van der Waals surface area contributed by atoms with E-state index in [-0.39, 0.29) is 12.5 Å². The van der Waals surface area contributed by atoms with E-state index in [1.54, 1.807) is 4.90 Å². The summed E-state index contributed by atoms with van der Waals surface area (Å²) in [6.45, 7) is 1.85. The minimum absolute atomic E-state index is 0.0432. The predicted octanol–water partition coefficient (Wildman–Crippen LogP) is 2.28. The molecule has 148 valence electrons. The number of hydrogen-bond acceptors (Lipinski definition) is 4. The Hall–Kier alpha value is -1.93. The first kappa shape index (κ1) is 19.8. The van der Waals surface area contributed by atoms with Crippen LogP contribution < -0.4 is 5.73 Å². The maximum Gasteiger partial charge on any atom is 0.230 e. The maximum absolute atomic E-state index is 13.9. The van der Waals surface area contributed by atoms with Gasteiger partial charge in [0, 0.05) is 50.9 Å². The Morgan fingerprint density at radius 3 is 2.19 bits per heavy atom. The molecule has 2 fully saturated rings. The van der Waals surface area contributed by atoms with E-state index in [2.05, 4.69) is 0 Å². The van der Waals surface area contributed by atoms with E-state index in [1.165, 1.54) is 0 Å². The molecule has 0 bridgehead atoms. The summed E-state index contributed by atoms with van der Waals surface area (Å²) >= 11 is 0. The van der Waals surface area contributed by atoms with Crippen molar-refractivity contribution < 1.29 is 27.5 Å². The molecule has 0 saturated carbocycles. The molecule has 2 N–H and O–H groups in total. The van der Waals surface area contributed by atoms with E-state index in [4.69, 9.17) is 10.5 Å². The third kappa shape index (κ3) is 3.87. The summed E-state index contributed by atoms with van der Waals surface area (Å²) in [5.41, 5.74) is 4.53. The number of rotatable bonds is 4. The zero-order valence-electron chi connectivity index (χ0n) is 15.0. The van der Waals surface area contributed by atoms with Gasteiger partial charge in [0.25, 0.3) is 0 Å². The van der Waals surface area contributed by atoms with Crippen molar-refractivity contribution in [2.75, 3.05) is 32.8 Å². The Morgan fingerprint density at radius 2 is 1.67 bits per heavy atom. The number of nitrogens with zero attached hydrogens (tertiary/aromatic N) is 1. The largest absolute Gasteiger partial charge is 0.381 e. The molecule has 0 radical (unpaired) electrons. The first-order chi connectivity index (χ1) is 12.9. The van der Waals surface area contributed by atoms with Crippen molar-refractivity contribution in [2.24, 2.45) is 17.1 Å². The Bertz CT molecular complexity index is 704. The van der Waals surface area contributed by atoms with Crippen molar-refractivity contribution in [1.82, 2.24) is 4.90 Å². The van der Waals surface area contributed by atoms with Gasteiger partial charge in [-0.15, -0.1) is 0 Å². The van der Waals surface area contributed by atoms with Gasteiger partial charge >= 0.3 is 0 Å². The Labute approximate surface area is 155 Å². The van der Waals surface area contributed by atoms with E-state index < -0.39 is 40.1 Å². The van der Waals surface area contributed by atoms with Crippen LogP contribution in [0.15, 0.2) is 12.1 Å². The molecular formula is C19H23F3N2O3. The molecule has 8 heteroatoms. The molecule has 0 aromatic heterocycles. The maximum atomic E-state index is 13.9. The number of halogens is 3. The normalized spacial score (nSPS) is 20.5. The van der Waals surface area contributed by atoms with Gasteiger partial charge in [0.05, 0.1) is 11.0 Å². The highest BCUT2D eigenvalue weighted by molar-refractivity contribution is 5.98. The fourth-order valence-corrected chi connectivity index (χ4v) is 3.93. The number of benzene rings is 1. The van der Waals surface area contributed by atoms with Crippen molar-refractivity contribution in [3.05, 3.63) is 35.1 Å². The second-order valence-electron chi connectivity index (χ2n) is 7.27. The molecule has 2 saturated heterocycles. The molecule has 0 atom stereocenters. The summed E-state index contributed by atoms with van der Waals surface area (Å²) in [5, 5.41) is 0. The van der Waals surface area contributed by atoms with Gasteiger partial charge in [-0.05, 0) is 25.7 Å². The van der Waals surface area contributed by atoms with Crippen LogP contribution in [0, 0.1) is 28.8 Å². The number of likely N-dealkylation sites (tertiary alicyclic amines) is 1. The van der Waals surface area contributed by atoms with Crippen molar-refractivity contribution in [3.63, 3.8) is 0 Å². The van der Waals surface area contributed by atoms with E-state index >= 15 is 0 Å². The Morgan fingerprint density at radius 1 is 1.11 bits per heavy atom. The number of carbonyl (C=O) groups is 2. The van der Waals surface area contributed by atoms with E-state index in [0.29, 0.717) is 64.1 Å². The molecule has 1 amide bonds. The zero-order chi connectivity index (χ0) is 19.6. The second kappa shape index (κ2) is 7.98. The van der Waals surface area contributed by atoms with Gasteiger partial charge in [0.2, 0.25) is 5.91 Å². The molecule has 27 heavy (non-hydrogen) atoms. The number of ketones is 1. The van der Waals surface area contributed by atoms with Gasteiger partial charge in [-0.2, -0.15) is 0 Å². The standard InChI is InChI=1S/C19H23F3N2O3/c20-13-9-14(21)16(15(22)10-13)17(25)12-1-5-24(6-2-12)18(26)19(11-23)3-7-27-8-4-19/h9-10,12H,1-8,11,23H2. The quantitative estimate of drug-likeness (QED) is 0.809. The third-order valence-corrected chi connectivity index (χ3v) is 5.70. The SMILES string of the molecule is NCC1(C(=O)N2CCC(C(=O)c3c(F)cc(F)cc3F)CC2)CCOCC1. The van der Waals surface area contributed by atoms with Gasteiger partial charge in [0.15, 0.2) is 5.78 Å². The average Bonchev–Trinajstić information content (AvgIpc) is 2.67. The molecular weight excluding hydrogens is 361 g/mol. The highest BCUT2D eigenvalue weighted by atomic mass is 19.1. The van der Waals surface area contributed by atoms with Gasteiger partial charge in [-0.1, -0.05) is 0 Å². The minimum atomic E-state index is -1.19. The van der Waals surface area contributed by atoms with Crippen LogP contribution in [-0.2, 0) is 9.53 Å². The number of ether oxygens (including phenoxy) is 1. The number of nitrogens with two attached hydrogens (primary N) is 1.